The summed E-state index contributed by atoms with van der Waals surface area (Å²) in [5.41, 5.74) is -0.319. The molecule has 0 spiro atoms. The SMILES string of the molecule is CC(C)(C)NC(=O)[C@H]1CSCN1C(=O)CN1CSCC1=O. The third-order valence-electron chi connectivity index (χ3n) is 3.15. The van der Waals surface area contributed by atoms with E-state index < -0.39 is 6.04 Å². The average Bonchev–Trinajstić information content (AvgIpc) is 2.96. The Hall–Kier alpha value is -0.890. The molecule has 2 saturated heterocycles. The van der Waals surface area contributed by atoms with Crippen LogP contribution in [-0.4, -0.2) is 68.9 Å². The Labute approximate surface area is 133 Å². The molecule has 0 aliphatic carbocycles. The quantitative estimate of drug-likeness (QED) is 0.807. The molecule has 2 aliphatic heterocycles. The number of carbonyl (C=O) groups excluding carboxylic acids is 3. The Balaban J connectivity index is 1.96. The van der Waals surface area contributed by atoms with Crippen LogP contribution in [0, 0.1) is 0 Å². The maximum absolute atomic E-state index is 12.4. The van der Waals surface area contributed by atoms with Gasteiger partial charge in [0.05, 0.1) is 17.5 Å². The highest BCUT2D eigenvalue weighted by atomic mass is 32.2. The molecule has 21 heavy (non-hydrogen) atoms. The van der Waals surface area contributed by atoms with Crippen molar-refractivity contribution in [3.05, 3.63) is 0 Å². The Morgan fingerprint density at radius 1 is 1.29 bits per heavy atom. The molecule has 3 amide bonds. The van der Waals surface area contributed by atoms with Crippen molar-refractivity contribution >= 4 is 41.2 Å². The maximum atomic E-state index is 12.4. The number of hydrogen-bond donors (Lipinski definition) is 1. The summed E-state index contributed by atoms with van der Waals surface area (Å²) in [6.07, 6.45) is 0. The minimum absolute atomic E-state index is 0.00380. The molecule has 0 aromatic heterocycles. The van der Waals surface area contributed by atoms with Crippen molar-refractivity contribution < 1.29 is 14.4 Å². The van der Waals surface area contributed by atoms with E-state index in [0.29, 0.717) is 23.3 Å². The molecule has 0 saturated carbocycles. The molecule has 6 nitrogen and oxygen atoms in total. The lowest BCUT2D eigenvalue weighted by molar-refractivity contribution is -0.141. The van der Waals surface area contributed by atoms with Crippen LogP contribution in [0.25, 0.3) is 0 Å². The summed E-state index contributed by atoms with van der Waals surface area (Å²) in [5, 5.41) is 2.92. The van der Waals surface area contributed by atoms with Gasteiger partial charge in [0, 0.05) is 11.3 Å². The van der Waals surface area contributed by atoms with E-state index in [0.717, 1.165) is 0 Å². The Bertz CT molecular complexity index is 450. The molecule has 2 fully saturated rings. The van der Waals surface area contributed by atoms with E-state index in [2.05, 4.69) is 5.32 Å². The van der Waals surface area contributed by atoms with Gasteiger partial charge in [-0.2, -0.15) is 0 Å². The second-order valence-corrected chi connectivity index (χ2v) is 8.14. The molecule has 0 unspecified atom stereocenters. The lowest BCUT2D eigenvalue weighted by Gasteiger charge is -2.28. The Morgan fingerprint density at radius 2 is 2.00 bits per heavy atom. The third kappa shape index (κ3) is 4.29. The molecule has 118 valence electrons. The van der Waals surface area contributed by atoms with E-state index in [1.165, 1.54) is 11.8 Å². The Kier molecular flexibility index (Phi) is 5.08. The third-order valence-corrected chi connectivity index (χ3v) is 5.11. The van der Waals surface area contributed by atoms with Crippen LogP contribution in [0.4, 0.5) is 0 Å². The van der Waals surface area contributed by atoms with Crippen LogP contribution in [-0.2, 0) is 14.4 Å². The lowest BCUT2D eigenvalue weighted by atomic mass is 10.1. The molecule has 0 radical (unpaired) electrons. The van der Waals surface area contributed by atoms with Crippen molar-refractivity contribution in [3.8, 4) is 0 Å². The van der Waals surface area contributed by atoms with Crippen LogP contribution in [0.2, 0.25) is 0 Å². The van der Waals surface area contributed by atoms with Gasteiger partial charge in [-0.15, -0.1) is 23.5 Å². The molecule has 8 heteroatoms. The van der Waals surface area contributed by atoms with Gasteiger partial charge in [-0.05, 0) is 20.8 Å². The number of hydrogen-bond acceptors (Lipinski definition) is 5. The lowest BCUT2D eigenvalue weighted by Crippen LogP contribution is -2.53. The monoisotopic (exact) mass is 331 g/mol. The van der Waals surface area contributed by atoms with Crippen LogP contribution in [0.15, 0.2) is 0 Å². The first-order chi connectivity index (χ1) is 9.78. The van der Waals surface area contributed by atoms with Gasteiger partial charge in [0.25, 0.3) is 0 Å². The fourth-order valence-electron chi connectivity index (χ4n) is 2.15. The molecule has 2 heterocycles. The zero-order valence-electron chi connectivity index (χ0n) is 12.5. The molecular formula is C13H21N3O3S2. The zero-order chi connectivity index (χ0) is 15.6. The van der Waals surface area contributed by atoms with E-state index in [1.54, 1.807) is 21.6 Å². The minimum atomic E-state index is -0.438. The number of nitrogens with zero attached hydrogens (tertiary/aromatic N) is 2. The highest BCUT2D eigenvalue weighted by molar-refractivity contribution is 8.00. The molecule has 1 N–H and O–H groups in total. The van der Waals surface area contributed by atoms with Gasteiger partial charge in [0.1, 0.15) is 12.6 Å². The van der Waals surface area contributed by atoms with Crippen LogP contribution >= 0.6 is 23.5 Å². The van der Waals surface area contributed by atoms with E-state index in [-0.39, 0.29) is 29.8 Å². The topological polar surface area (TPSA) is 69.7 Å². The van der Waals surface area contributed by atoms with Gasteiger partial charge < -0.3 is 15.1 Å². The number of carbonyl (C=O) groups is 3. The zero-order valence-corrected chi connectivity index (χ0v) is 14.2. The number of rotatable bonds is 3. The van der Waals surface area contributed by atoms with Crippen molar-refractivity contribution in [2.24, 2.45) is 0 Å². The van der Waals surface area contributed by atoms with Crippen LogP contribution in [0.1, 0.15) is 20.8 Å². The standard InChI is InChI=1S/C13H21N3O3S2/c1-13(2,3)14-12(19)9-5-20-8-16(9)10(17)4-15-7-21-6-11(15)18/h9H,4-8H2,1-3H3,(H,14,19)/t9-/m1/s1. The maximum Gasteiger partial charge on any atom is 0.244 e. The van der Waals surface area contributed by atoms with Gasteiger partial charge in [-0.3, -0.25) is 14.4 Å². The van der Waals surface area contributed by atoms with Gasteiger partial charge in [0.2, 0.25) is 17.7 Å². The molecule has 0 bridgehead atoms. The fourth-order valence-corrected chi connectivity index (χ4v) is 4.24. The van der Waals surface area contributed by atoms with Gasteiger partial charge in [0.15, 0.2) is 0 Å². The summed E-state index contributed by atoms with van der Waals surface area (Å²) in [6, 6.07) is -0.438. The van der Waals surface area contributed by atoms with Crippen molar-refractivity contribution in [3.63, 3.8) is 0 Å². The van der Waals surface area contributed by atoms with E-state index in [1.807, 2.05) is 20.8 Å². The second-order valence-electron chi connectivity index (χ2n) is 6.19. The van der Waals surface area contributed by atoms with Gasteiger partial charge >= 0.3 is 0 Å². The number of nitrogens with one attached hydrogen (secondary N) is 1. The van der Waals surface area contributed by atoms with Crippen molar-refractivity contribution in [2.45, 2.75) is 32.4 Å². The minimum Gasteiger partial charge on any atom is -0.350 e. The summed E-state index contributed by atoms with van der Waals surface area (Å²) in [5.74, 6) is 1.84. The summed E-state index contributed by atoms with van der Waals surface area (Å²) >= 11 is 3.08. The van der Waals surface area contributed by atoms with Crippen LogP contribution < -0.4 is 5.32 Å². The molecule has 0 aromatic carbocycles. The van der Waals surface area contributed by atoms with Gasteiger partial charge in [-0.25, -0.2) is 0 Å². The summed E-state index contributed by atoms with van der Waals surface area (Å²) < 4.78 is 0. The van der Waals surface area contributed by atoms with Crippen molar-refractivity contribution in [1.82, 2.24) is 15.1 Å². The first-order valence-electron chi connectivity index (χ1n) is 6.83. The Morgan fingerprint density at radius 3 is 2.57 bits per heavy atom. The second kappa shape index (κ2) is 6.48. The summed E-state index contributed by atoms with van der Waals surface area (Å²) in [4.78, 5) is 39.3. The van der Waals surface area contributed by atoms with Crippen molar-refractivity contribution in [1.29, 1.82) is 0 Å². The first-order valence-corrected chi connectivity index (χ1v) is 9.13. The van der Waals surface area contributed by atoms with E-state index in [4.69, 9.17) is 0 Å². The van der Waals surface area contributed by atoms with Gasteiger partial charge in [-0.1, -0.05) is 0 Å². The van der Waals surface area contributed by atoms with E-state index >= 15 is 0 Å². The number of thioether (sulfide) groups is 2. The first kappa shape index (κ1) is 16.5. The highest BCUT2D eigenvalue weighted by Crippen LogP contribution is 2.23. The predicted octanol–water partition coefficient (Wildman–Crippen LogP) is 0.336. The van der Waals surface area contributed by atoms with Crippen LogP contribution in [0.5, 0.6) is 0 Å². The molecule has 1 atom stereocenters. The fraction of sp³-hybridized carbons (Fsp3) is 0.769. The smallest absolute Gasteiger partial charge is 0.244 e. The summed E-state index contributed by atoms with van der Waals surface area (Å²) in [6.45, 7) is 5.82. The largest absolute Gasteiger partial charge is 0.350 e. The molecule has 2 aliphatic rings. The molecular weight excluding hydrogens is 310 g/mol. The average molecular weight is 331 g/mol. The normalized spacial score (nSPS) is 22.8. The van der Waals surface area contributed by atoms with Crippen molar-refractivity contribution in [2.75, 3.05) is 29.8 Å². The molecule has 2 rings (SSSR count). The molecule has 0 aromatic rings. The van der Waals surface area contributed by atoms with E-state index in [9.17, 15) is 14.4 Å². The highest BCUT2D eigenvalue weighted by Gasteiger charge is 2.37. The summed E-state index contributed by atoms with van der Waals surface area (Å²) in [7, 11) is 0. The predicted molar refractivity (Wildman–Crippen MR) is 84.9 cm³/mol. The number of amides is 3. The van der Waals surface area contributed by atoms with Crippen LogP contribution in [0.3, 0.4) is 0 Å².